The van der Waals surface area contributed by atoms with Crippen LogP contribution in [0.4, 0.5) is 5.82 Å². The van der Waals surface area contributed by atoms with Crippen LogP contribution < -0.4 is 5.32 Å². The van der Waals surface area contributed by atoms with Gasteiger partial charge in [0, 0.05) is 20.4 Å². The molecule has 1 aromatic heterocycles. The number of ether oxygens (including phenoxy) is 1. The Balaban J connectivity index is 3.20. The van der Waals surface area contributed by atoms with Crippen molar-refractivity contribution in [3.63, 3.8) is 0 Å². The van der Waals surface area contributed by atoms with E-state index in [1.54, 1.807) is 13.3 Å². The molecule has 0 atom stereocenters. The second-order valence-electron chi connectivity index (χ2n) is 3.55. The maximum Gasteiger partial charge on any atom is 0.162 e. The molecule has 1 N–H and O–H groups in total. The summed E-state index contributed by atoms with van der Waals surface area (Å²) in [6.45, 7) is 4.16. The Kier molecular flexibility index (Phi) is 4.68. The van der Waals surface area contributed by atoms with Crippen LogP contribution in [0.15, 0.2) is 10.7 Å². The lowest BCUT2D eigenvalue weighted by Gasteiger charge is -2.28. The summed E-state index contributed by atoms with van der Waals surface area (Å²) in [5, 5.41) is 3.03. The Morgan fingerprint density at radius 2 is 2.06 bits per heavy atom. The van der Waals surface area contributed by atoms with E-state index >= 15 is 0 Å². The zero-order valence-corrected chi connectivity index (χ0v) is 11.8. The Labute approximate surface area is 105 Å². The SMILES string of the molecule is CCC(CC)(OC)c1ncc(Br)c(NC)n1. The monoisotopic (exact) mass is 287 g/mol. The maximum absolute atomic E-state index is 5.59. The maximum atomic E-state index is 5.59. The summed E-state index contributed by atoms with van der Waals surface area (Å²) in [5.41, 5.74) is -0.383. The van der Waals surface area contributed by atoms with Crippen LogP contribution in [-0.4, -0.2) is 24.1 Å². The van der Waals surface area contributed by atoms with Crippen molar-refractivity contribution in [1.29, 1.82) is 0 Å². The fourth-order valence-corrected chi connectivity index (χ4v) is 2.10. The number of nitrogens with zero attached hydrogens (tertiary/aromatic N) is 2. The highest BCUT2D eigenvalue weighted by Gasteiger charge is 2.31. The van der Waals surface area contributed by atoms with Crippen LogP contribution in [0.25, 0.3) is 0 Å². The van der Waals surface area contributed by atoms with Crippen LogP contribution in [-0.2, 0) is 10.3 Å². The summed E-state index contributed by atoms with van der Waals surface area (Å²) >= 11 is 3.39. The molecule has 0 fully saturated rings. The van der Waals surface area contributed by atoms with Crippen LogP contribution in [0.3, 0.4) is 0 Å². The van der Waals surface area contributed by atoms with E-state index in [1.807, 2.05) is 7.05 Å². The first-order valence-corrected chi connectivity index (χ1v) is 6.18. The first-order chi connectivity index (χ1) is 7.63. The topological polar surface area (TPSA) is 47.0 Å². The van der Waals surface area contributed by atoms with E-state index in [2.05, 4.69) is 45.1 Å². The summed E-state index contributed by atoms with van der Waals surface area (Å²) in [6.07, 6.45) is 3.46. The van der Waals surface area contributed by atoms with Crippen molar-refractivity contribution in [2.24, 2.45) is 0 Å². The van der Waals surface area contributed by atoms with E-state index in [9.17, 15) is 0 Å². The Bertz CT molecular complexity index is 345. The first-order valence-electron chi connectivity index (χ1n) is 5.39. The van der Waals surface area contributed by atoms with Gasteiger partial charge in [-0.15, -0.1) is 0 Å². The molecule has 0 unspecified atom stereocenters. The summed E-state index contributed by atoms with van der Waals surface area (Å²) in [7, 11) is 3.54. The van der Waals surface area contributed by atoms with Gasteiger partial charge in [0.15, 0.2) is 5.82 Å². The molecule has 90 valence electrons. The van der Waals surface area contributed by atoms with Gasteiger partial charge in [-0.1, -0.05) is 13.8 Å². The number of halogens is 1. The first kappa shape index (κ1) is 13.4. The Morgan fingerprint density at radius 3 is 2.50 bits per heavy atom. The van der Waals surface area contributed by atoms with Crippen LogP contribution in [0.1, 0.15) is 32.5 Å². The van der Waals surface area contributed by atoms with Gasteiger partial charge in [-0.2, -0.15) is 0 Å². The second kappa shape index (κ2) is 5.59. The van der Waals surface area contributed by atoms with Gasteiger partial charge < -0.3 is 10.1 Å². The summed E-state index contributed by atoms with van der Waals surface area (Å²) in [5.74, 6) is 1.51. The molecule has 0 aromatic carbocycles. The van der Waals surface area contributed by atoms with Gasteiger partial charge in [0.05, 0.1) is 4.47 Å². The lowest BCUT2D eigenvalue weighted by Crippen LogP contribution is -2.29. The summed E-state index contributed by atoms with van der Waals surface area (Å²) < 4.78 is 6.45. The number of hydrogen-bond donors (Lipinski definition) is 1. The van der Waals surface area contributed by atoms with E-state index in [-0.39, 0.29) is 5.60 Å². The average molecular weight is 288 g/mol. The number of methoxy groups -OCH3 is 1. The zero-order chi connectivity index (χ0) is 12.2. The fourth-order valence-electron chi connectivity index (χ4n) is 1.71. The van der Waals surface area contributed by atoms with Crippen LogP contribution in [0, 0.1) is 0 Å². The third-order valence-electron chi connectivity index (χ3n) is 2.92. The van der Waals surface area contributed by atoms with Crippen molar-refractivity contribution < 1.29 is 4.74 Å². The molecule has 5 heteroatoms. The van der Waals surface area contributed by atoms with Crippen molar-refractivity contribution in [2.45, 2.75) is 32.3 Å². The molecule has 0 spiro atoms. The van der Waals surface area contributed by atoms with Crippen LogP contribution >= 0.6 is 15.9 Å². The van der Waals surface area contributed by atoms with Gasteiger partial charge in [0.1, 0.15) is 11.4 Å². The quantitative estimate of drug-likeness (QED) is 0.905. The van der Waals surface area contributed by atoms with Crippen LogP contribution in [0.5, 0.6) is 0 Å². The lowest BCUT2D eigenvalue weighted by molar-refractivity contribution is -0.0290. The molecule has 0 aliphatic heterocycles. The van der Waals surface area contributed by atoms with Crippen molar-refractivity contribution in [1.82, 2.24) is 9.97 Å². The number of hydrogen-bond acceptors (Lipinski definition) is 4. The number of anilines is 1. The summed E-state index contributed by atoms with van der Waals surface area (Å²) in [4.78, 5) is 8.83. The van der Waals surface area contributed by atoms with E-state index in [0.29, 0.717) is 0 Å². The van der Waals surface area contributed by atoms with Crippen molar-refractivity contribution in [3.8, 4) is 0 Å². The molecule has 0 amide bonds. The second-order valence-corrected chi connectivity index (χ2v) is 4.40. The molecule has 0 radical (unpaired) electrons. The fraction of sp³-hybridized carbons (Fsp3) is 0.636. The predicted molar refractivity (Wildman–Crippen MR) is 68.5 cm³/mol. The number of nitrogens with one attached hydrogen (secondary N) is 1. The number of aromatic nitrogens is 2. The van der Waals surface area contributed by atoms with Crippen LogP contribution in [0.2, 0.25) is 0 Å². The molecule has 1 rings (SSSR count). The van der Waals surface area contributed by atoms with Gasteiger partial charge in [-0.3, -0.25) is 0 Å². The normalized spacial score (nSPS) is 11.6. The smallest absolute Gasteiger partial charge is 0.162 e. The molecule has 0 aliphatic carbocycles. The largest absolute Gasteiger partial charge is 0.372 e. The minimum Gasteiger partial charge on any atom is -0.372 e. The van der Waals surface area contributed by atoms with E-state index in [1.165, 1.54) is 0 Å². The minimum atomic E-state index is -0.383. The number of rotatable bonds is 5. The highest BCUT2D eigenvalue weighted by atomic mass is 79.9. The van der Waals surface area contributed by atoms with Gasteiger partial charge >= 0.3 is 0 Å². The molecule has 4 nitrogen and oxygen atoms in total. The zero-order valence-electron chi connectivity index (χ0n) is 10.2. The molecular formula is C11H18BrN3O. The molecule has 0 saturated heterocycles. The summed E-state index contributed by atoms with van der Waals surface area (Å²) in [6, 6.07) is 0. The van der Waals surface area contributed by atoms with Gasteiger partial charge in [0.25, 0.3) is 0 Å². The molecule has 0 bridgehead atoms. The Morgan fingerprint density at radius 1 is 1.44 bits per heavy atom. The third kappa shape index (κ3) is 2.35. The van der Waals surface area contributed by atoms with Gasteiger partial charge in [0.2, 0.25) is 0 Å². The third-order valence-corrected chi connectivity index (χ3v) is 3.50. The van der Waals surface area contributed by atoms with E-state index in [0.717, 1.165) is 29.0 Å². The molecule has 1 heterocycles. The Hall–Kier alpha value is -0.680. The standard InChI is InChI=1S/C11H18BrN3O/c1-5-11(6-2,16-4)10-14-7-8(12)9(13-3)15-10/h7H,5-6H2,1-4H3,(H,13,14,15). The van der Waals surface area contributed by atoms with Gasteiger partial charge in [-0.05, 0) is 28.8 Å². The average Bonchev–Trinajstić information content (AvgIpc) is 2.33. The molecular weight excluding hydrogens is 270 g/mol. The molecule has 16 heavy (non-hydrogen) atoms. The predicted octanol–water partition coefficient (Wildman–Crippen LogP) is 2.94. The molecule has 0 saturated carbocycles. The van der Waals surface area contributed by atoms with Crippen molar-refractivity contribution in [3.05, 3.63) is 16.5 Å². The molecule has 1 aromatic rings. The highest BCUT2D eigenvalue weighted by Crippen LogP contribution is 2.31. The van der Waals surface area contributed by atoms with E-state index in [4.69, 9.17) is 4.74 Å². The van der Waals surface area contributed by atoms with E-state index < -0.39 is 0 Å². The van der Waals surface area contributed by atoms with Gasteiger partial charge in [-0.25, -0.2) is 9.97 Å². The lowest BCUT2D eigenvalue weighted by atomic mass is 9.96. The highest BCUT2D eigenvalue weighted by molar-refractivity contribution is 9.10. The minimum absolute atomic E-state index is 0.383. The van der Waals surface area contributed by atoms with Crippen molar-refractivity contribution in [2.75, 3.05) is 19.5 Å². The molecule has 0 aliphatic rings. The van der Waals surface area contributed by atoms with Crippen molar-refractivity contribution >= 4 is 21.7 Å².